The first-order valence-corrected chi connectivity index (χ1v) is 7.72. The van der Waals surface area contributed by atoms with Crippen molar-refractivity contribution in [2.75, 3.05) is 26.7 Å². The van der Waals surface area contributed by atoms with Crippen LogP contribution in [0.15, 0.2) is 24.3 Å². The average molecular weight is 290 g/mol. The zero-order valence-corrected chi connectivity index (χ0v) is 13.1. The van der Waals surface area contributed by atoms with Crippen LogP contribution in [-0.4, -0.2) is 32.7 Å². The van der Waals surface area contributed by atoms with E-state index in [4.69, 9.17) is 4.74 Å². The molecular weight excluding hydrogens is 264 g/mol. The maximum absolute atomic E-state index is 12.0. The van der Waals surface area contributed by atoms with Gasteiger partial charge in [0.2, 0.25) is 5.91 Å². The van der Waals surface area contributed by atoms with E-state index in [0.29, 0.717) is 6.42 Å². The van der Waals surface area contributed by atoms with Gasteiger partial charge in [-0.2, -0.15) is 0 Å². The molecule has 1 aliphatic heterocycles. The molecule has 21 heavy (non-hydrogen) atoms. The molecule has 4 heteroatoms. The largest absolute Gasteiger partial charge is 0.497 e. The lowest BCUT2D eigenvalue weighted by molar-refractivity contribution is -0.121. The summed E-state index contributed by atoms with van der Waals surface area (Å²) in [5.74, 6) is 0.979. The molecule has 0 saturated carbocycles. The maximum Gasteiger partial charge on any atom is 0.220 e. The van der Waals surface area contributed by atoms with Crippen LogP contribution < -0.4 is 15.4 Å². The first kappa shape index (κ1) is 15.8. The molecule has 0 atom stereocenters. The number of methoxy groups -OCH3 is 1. The second-order valence-corrected chi connectivity index (χ2v) is 6.19. The van der Waals surface area contributed by atoms with E-state index in [9.17, 15) is 4.79 Å². The molecule has 0 spiro atoms. The number of rotatable bonds is 6. The summed E-state index contributed by atoms with van der Waals surface area (Å²) >= 11 is 0. The fourth-order valence-electron chi connectivity index (χ4n) is 2.69. The third-order valence-electron chi connectivity index (χ3n) is 4.30. The number of carbonyl (C=O) groups excluding carboxylic acids is 1. The summed E-state index contributed by atoms with van der Waals surface area (Å²) in [4.78, 5) is 12.0. The fourth-order valence-corrected chi connectivity index (χ4v) is 2.69. The minimum Gasteiger partial charge on any atom is -0.497 e. The van der Waals surface area contributed by atoms with Gasteiger partial charge in [-0.15, -0.1) is 0 Å². The quantitative estimate of drug-likeness (QED) is 0.844. The number of carbonyl (C=O) groups is 1. The van der Waals surface area contributed by atoms with E-state index in [-0.39, 0.29) is 11.3 Å². The van der Waals surface area contributed by atoms with Crippen molar-refractivity contribution < 1.29 is 9.53 Å². The number of piperidine rings is 1. The molecule has 2 rings (SSSR count). The Balaban J connectivity index is 1.74. The summed E-state index contributed by atoms with van der Waals surface area (Å²) in [6.45, 7) is 5.15. The molecule has 2 N–H and O–H groups in total. The van der Waals surface area contributed by atoms with Crippen LogP contribution in [0.25, 0.3) is 0 Å². The Morgan fingerprint density at radius 2 is 2.14 bits per heavy atom. The second-order valence-electron chi connectivity index (χ2n) is 6.19. The van der Waals surface area contributed by atoms with Crippen LogP contribution in [0.1, 0.15) is 31.7 Å². The Hall–Kier alpha value is -1.55. The predicted molar refractivity (Wildman–Crippen MR) is 84.5 cm³/mol. The number of amides is 1. The number of benzene rings is 1. The monoisotopic (exact) mass is 290 g/mol. The molecule has 0 bridgehead atoms. The molecule has 116 valence electrons. The molecule has 0 unspecified atom stereocenters. The van der Waals surface area contributed by atoms with Crippen molar-refractivity contribution in [2.45, 2.75) is 32.6 Å². The normalized spacial score (nSPS) is 17.2. The molecule has 1 amide bonds. The first-order chi connectivity index (χ1) is 10.1. The van der Waals surface area contributed by atoms with Gasteiger partial charge in [0, 0.05) is 13.0 Å². The highest BCUT2D eigenvalue weighted by Gasteiger charge is 2.26. The van der Waals surface area contributed by atoms with Crippen LogP contribution in [0, 0.1) is 5.41 Å². The molecule has 1 heterocycles. The van der Waals surface area contributed by atoms with Gasteiger partial charge in [-0.25, -0.2) is 0 Å². The molecule has 1 aliphatic rings. The van der Waals surface area contributed by atoms with E-state index < -0.39 is 0 Å². The van der Waals surface area contributed by atoms with Crippen molar-refractivity contribution in [1.82, 2.24) is 10.6 Å². The van der Waals surface area contributed by atoms with Gasteiger partial charge < -0.3 is 15.4 Å². The van der Waals surface area contributed by atoms with Gasteiger partial charge in [-0.1, -0.05) is 19.1 Å². The van der Waals surface area contributed by atoms with Crippen molar-refractivity contribution in [1.29, 1.82) is 0 Å². The highest BCUT2D eigenvalue weighted by Crippen LogP contribution is 2.26. The summed E-state index contributed by atoms with van der Waals surface area (Å²) < 4.78 is 5.20. The zero-order chi connectivity index (χ0) is 15.1. The third-order valence-corrected chi connectivity index (χ3v) is 4.30. The molecule has 0 aliphatic carbocycles. The van der Waals surface area contributed by atoms with Crippen LogP contribution >= 0.6 is 0 Å². The van der Waals surface area contributed by atoms with E-state index in [1.807, 2.05) is 24.3 Å². The standard InChI is InChI=1S/C17H26N2O2/c1-17(8-10-18-11-9-17)13-19-16(20)7-6-14-4-3-5-15(12-14)21-2/h3-5,12,18H,6-11,13H2,1-2H3,(H,19,20). The van der Waals surface area contributed by atoms with Crippen molar-refractivity contribution in [2.24, 2.45) is 5.41 Å². The summed E-state index contributed by atoms with van der Waals surface area (Å²) in [7, 11) is 1.66. The summed E-state index contributed by atoms with van der Waals surface area (Å²) in [5, 5.41) is 6.45. The molecule has 0 radical (unpaired) electrons. The van der Waals surface area contributed by atoms with Gasteiger partial charge in [0.05, 0.1) is 7.11 Å². The minimum absolute atomic E-state index is 0.137. The summed E-state index contributed by atoms with van der Waals surface area (Å²) in [5.41, 5.74) is 1.38. The Kier molecular flexibility index (Phi) is 5.62. The number of ether oxygens (including phenoxy) is 1. The third kappa shape index (κ3) is 5.05. The zero-order valence-electron chi connectivity index (χ0n) is 13.1. The lowest BCUT2D eigenvalue weighted by atomic mass is 9.81. The minimum atomic E-state index is 0.137. The molecule has 4 nitrogen and oxygen atoms in total. The lowest BCUT2D eigenvalue weighted by Gasteiger charge is -2.34. The Bertz CT molecular complexity index is 468. The van der Waals surface area contributed by atoms with E-state index in [1.54, 1.807) is 7.11 Å². The van der Waals surface area contributed by atoms with Gasteiger partial charge in [-0.3, -0.25) is 4.79 Å². The van der Waals surface area contributed by atoms with Crippen molar-refractivity contribution in [3.63, 3.8) is 0 Å². The lowest BCUT2D eigenvalue weighted by Crippen LogP contribution is -2.42. The van der Waals surface area contributed by atoms with Crippen LogP contribution in [0.2, 0.25) is 0 Å². The highest BCUT2D eigenvalue weighted by molar-refractivity contribution is 5.76. The summed E-state index contributed by atoms with van der Waals surface area (Å²) in [6.07, 6.45) is 3.54. The van der Waals surface area contributed by atoms with E-state index in [2.05, 4.69) is 17.6 Å². The predicted octanol–water partition coefficient (Wildman–Crippen LogP) is 2.13. The number of hydrogen-bond acceptors (Lipinski definition) is 3. The van der Waals surface area contributed by atoms with Crippen molar-refractivity contribution in [3.8, 4) is 5.75 Å². The van der Waals surface area contributed by atoms with Gasteiger partial charge >= 0.3 is 0 Å². The Morgan fingerprint density at radius 1 is 1.38 bits per heavy atom. The fraction of sp³-hybridized carbons (Fsp3) is 0.588. The number of hydrogen-bond donors (Lipinski definition) is 2. The van der Waals surface area contributed by atoms with Crippen LogP contribution in [0.4, 0.5) is 0 Å². The average Bonchev–Trinajstić information content (AvgIpc) is 2.52. The topological polar surface area (TPSA) is 50.4 Å². The van der Waals surface area contributed by atoms with Gasteiger partial charge in [0.25, 0.3) is 0 Å². The van der Waals surface area contributed by atoms with Gasteiger partial charge in [0.1, 0.15) is 5.75 Å². The van der Waals surface area contributed by atoms with Gasteiger partial charge in [-0.05, 0) is 55.5 Å². The van der Waals surface area contributed by atoms with E-state index in [0.717, 1.165) is 50.2 Å². The summed E-state index contributed by atoms with van der Waals surface area (Å²) in [6, 6.07) is 7.90. The van der Waals surface area contributed by atoms with E-state index >= 15 is 0 Å². The Morgan fingerprint density at radius 3 is 2.86 bits per heavy atom. The molecule has 0 aromatic heterocycles. The molecular formula is C17H26N2O2. The van der Waals surface area contributed by atoms with E-state index in [1.165, 1.54) is 0 Å². The molecule has 1 fully saturated rings. The smallest absolute Gasteiger partial charge is 0.220 e. The first-order valence-electron chi connectivity index (χ1n) is 7.72. The highest BCUT2D eigenvalue weighted by atomic mass is 16.5. The molecule has 1 saturated heterocycles. The maximum atomic E-state index is 12.0. The Labute approximate surface area is 127 Å². The van der Waals surface area contributed by atoms with Crippen molar-refractivity contribution >= 4 is 5.91 Å². The van der Waals surface area contributed by atoms with Gasteiger partial charge in [0.15, 0.2) is 0 Å². The molecule has 1 aromatic rings. The van der Waals surface area contributed by atoms with Crippen LogP contribution in [0.3, 0.4) is 0 Å². The van der Waals surface area contributed by atoms with Crippen molar-refractivity contribution in [3.05, 3.63) is 29.8 Å². The molecule has 1 aromatic carbocycles. The van der Waals surface area contributed by atoms with Crippen LogP contribution in [0.5, 0.6) is 5.75 Å². The number of nitrogens with one attached hydrogen (secondary N) is 2. The van der Waals surface area contributed by atoms with Crippen LogP contribution in [-0.2, 0) is 11.2 Å². The number of aryl methyl sites for hydroxylation is 1. The SMILES string of the molecule is COc1cccc(CCC(=O)NCC2(C)CCNCC2)c1. The second kappa shape index (κ2) is 7.46.